The van der Waals surface area contributed by atoms with Crippen LogP contribution in [0.15, 0.2) is 77.7 Å². The van der Waals surface area contributed by atoms with Crippen LogP contribution in [0.4, 0.5) is 10.1 Å². The molecule has 0 heterocycles. The van der Waals surface area contributed by atoms with Crippen molar-refractivity contribution < 1.29 is 27.1 Å². The maximum Gasteiger partial charge on any atom is 0.264 e. The Bertz CT molecular complexity index is 1250. The minimum Gasteiger partial charge on any atom is -0.497 e. The van der Waals surface area contributed by atoms with E-state index in [1.807, 2.05) is 38.1 Å². The first-order valence-electron chi connectivity index (χ1n) is 11.6. The number of rotatable bonds is 12. The molecule has 0 unspecified atom stereocenters. The van der Waals surface area contributed by atoms with Crippen LogP contribution in [0.25, 0.3) is 0 Å². The normalized spacial score (nSPS) is 11.2. The average Bonchev–Trinajstić information content (AvgIpc) is 2.86. The Hall–Kier alpha value is -3.59. The number of hydrogen-bond acceptors (Lipinski definition) is 5. The smallest absolute Gasteiger partial charge is 0.264 e. The highest BCUT2D eigenvalue weighted by Gasteiger charge is 2.29. The van der Waals surface area contributed by atoms with Crippen molar-refractivity contribution in [2.24, 2.45) is 0 Å². The van der Waals surface area contributed by atoms with Crippen molar-refractivity contribution in [1.82, 2.24) is 5.32 Å². The zero-order valence-electron chi connectivity index (χ0n) is 20.6. The second-order valence-corrected chi connectivity index (χ2v) is 10.3. The molecule has 0 aromatic heterocycles. The van der Waals surface area contributed by atoms with Gasteiger partial charge in [-0.15, -0.1) is 0 Å². The molecule has 3 aromatic carbocycles. The molecule has 0 fully saturated rings. The van der Waals surface area contributed by atoms with Gasteiger partial charge in [-0.2, -0.15) is 0 Å². The molecule has 0 aliphatic rings. The SMILES string of the molecule is COc1ccc(S(=O)(=O)N(CC(=O)NCCCc2ccc(OC(C)C)cc2)c2ccccc2F)cc1. The summed E-state index contributed by atoms with van der Waals surface area (Å²) in [5, 5.41) is 2.74. The molecular formula is C27H31FN2O5S. The van der Waals surface area contributed by atoms with E-state index < -0.39 is 28.3 Å². The lowest BCUT2D eigenvalue weighted by atomic mass is 10.1. The molecule has 0 aliphatic heterocycles. The minimum absolute atomic E-state index is 0.0794. The predicted octanol–water partition coefficient (Wildman–Crippen LogP) is 4.57. The number of halogens is 1. The van der Waals surface area contributed by atoms with Crippen LogP contribution >= 0.6 is 0 Å². The fraction of sp³-hybridized carbons (Fsp3) is 0.296. The van der Waals surface area contributed by atoms with Crippen molar-refractivity contribution in [2.45, 2.75) is 37.7 Å². The van der Waals surface area contributed by atoms with Crippen molar-refractivity contribution in [3.8, 4) is 11.5 Å². The first-order valence-corrected chi connectivity index (χ1v) is 13.1. The number of anilines is 1. The standard InChI is InChI=1S/C27H31FN2O5S/c1-20(2)35-23-12-10-21(11-13-23)7-6-18-29-27(31)19-30(26-9-5-4-8-25(26)28)36(32,33)24-16-14-22(34-3)15-17-24/h4-5,8-17,20H,6-7,18-19H2,1-3H3,(H,29,31). The maximum atomic E-state index is 14.6. The van der Waals surface area contributed by atoms with Crippen molar-refractivity contribution in [3.63, 3.8) is 0 Å². The lowest BCUT2D eigenvalue weighted by Crippen LogP contribution is -2.41. The molecule has 36 heavy (non-hydrogen) atoms. The first-order chi connectivity index (χ1) is 17.2. The number of methoxy groups -OCH3 is 1. The predicted molar refractivity (Wildman–Crippen MR) is 137 cm³/mol. The van der Waals surface area contributed by atoms with Gasteiger partial charge in [-0.3, -0.25) is 9.10 Å². The highest BCUT2D eigenvalue weighted by Crippen LogP contribution is 2.27. The number of hydrogen-bond donors (Lipinski definition) is 1. The second-order valence-electron chi connectivity index (χ2n) is 8.40. The summed E-state index contributed by atoms with van der Waals surface area (Å²) in [7, 11) is -2.75. The number of sulfonamides is 1. The van der Waals surface area contributed by atoms with Crippen LogP contribution < -0.4 is 19.1 Å². The molecule has 0 saturated carbocycles. The number of ether oxygens (including phenoxy) is 2. The van der Waals surface area contributed by atoms with Crippen LogP contribution in [0.3, 0.4) is 0 Å². The molecule has 1 amide bonds. The lowest BCUT2D eigenvalue weighted by Gasteiger charge is -2.24. The first kappa shape index (κ1) is 27.0. The molecule has 7 nitrogen and oxygen atoms in total. The molecule has 0 aliphatic carbocycles. The number of nitrogens with one attached hydrogen (secondary N) is 1. The summed E-state index contributed by atoms with van der Waals surface area (Å²) in [4.78, 5) is 12.6. The molecule has 0 bridgehead atoms. The Balaban J connectivity index is 1.65. The number of amides is 1. The fourth-order valence-corrected chi connectivity index (χ4v) is 4.97. The van der Waals surface area contributed by atoms with Gasteiger partial charge in [0.25, 0.3) is 10.0 Å². The lowest BCUT2D eigenvalue weighted by molar-refractivity contribution is -0.119. The summed E-state index contributed by atoms with van der Waals surface area (Å²) < 4.78 is 52.8. The van der Waals surface area contributed by atoms with Crippen LogP contribution in [-0.2, 0) is 21.2 Å². The molecule has 1 N–H and O–H groups in total. The van der Waals surface area contributed by atoms with Gasteiger partial charge in [0, 0.05) is 6.54 Å². The molecule has 3 rings (SSSR count). The van der Waals surface area contributed by atoms with E-state index in [1.165, 1.54) is 49.6 Å². The molecule has 0 spiro atoms. The molecule has 9 heteroatoms. The maximum absolute atomic E-state index is 14.6. The van der Waals surface area contributed by atoms with Gasteiger partial charge < -0.3 is 14.8 Å². The van der Waals surface area contributed by atoms with Crippen LogP contribution in [0.5, 0.6) is 11.5 Å². The van der Waals surface area contributed by atoms with E-state index in [0.717, 1.165) is 28.1 Å². The fourth-order valence-electron chi connectivity index (χ4n) is 3.54. The molecule has 192 valence electrons. The number of carbonyl (C=O) groups excluding carboxylic acids is 1. The van der Waals surface area contributed by atoms with Crippen LogP contribution in [0.1, 0.15) is 25.8 Å². The number of aryl methyl sites for hydroxylation is 1. The highest BCUT2D eigenvalue weighted by atomic mass is 32.2. The van der Waals surface area contributed by atoms with E-state index in [1.54, 1.807) is 0 Å². The molecule has 0 atom stereocenters. The van der Waals surface area contributed by atoms with E-state index in [-0.39, 0.29) is 16.7 Å². The quantitative estimate of drug-likeness (QED) is 0.358. The van der Waals surface area contributed by atoms with Crippen molar-refractivity contribution in [1.29, 1.82) is 0 Å². The molecule has 3 aromatic rings. The van der Waals surface area contributed by atoms with Crippen LogP contribution in [0.2, 0.25) is 0 Å². The summed E-state index contributed by atoms with van der Waals surface area (Å²) in [6.07, 6.45) is 1.48. The average molecular weight is 515 g/mol. The Kier molecular flexibility index (Phi) is 9.30. The van der Waals surface area contributed by atoms with Crippen molar-refractivity contribution >= 4 is 21.6 Å². The molecule has 0 radical (unpaired) electrons. The van der Waals surface area contributed by atoms with Crippen LogP contribution in [0, 0.1) is 5.82 Å². The summed E-state index contributed by atoms with van der Waals surface area (Å²) in [6.45, 7) is 3.71. The monoisotopic (exact) mass is 514 g/mol. The molecule has 0 saturated heterocycles. The number of benzene rings is 3. The van der Waals surface area contributed by atoms with Gasteiger partial charge in [0.15, 0.2) is 0 Å². The highest BCUT2D eigenvalue weighted by molar-refractivity contribution is 7.92. The zero-order valence-corrected chi connectivity index (χ0v) is 21.4. The van der Waals surface area contributed by atoms with E-state index in [9.17, 15) is 17.6 Å². The van der Waals surface area contributed by atoms with Gasteiger partial charge in [0.2, 0.25) is 5.91 Å². The van der Waals surface area contributed by atoms with Gasteiger partial charge in [-0.1, -0.05) is 24.3 Å². The number of nitrogens with zero attached hydrogens (tertiary/aromatic N) is 1. The molecular weight excluding hydrogens is 483 g/mol. The van der Waals surface area contributed by atoms with Crippen LogP contribution in [-0.4, -0.2) is 40.6 Å². The van der Waals surface area contributed by atoms with Gasteiger partial charge in [0.1, 0.15) is 23.9 Å². The third-order valence-electron chi connectivity index (χ3n) is 5.32. The van der Waals surface area contributed by atoms with E-state index in [0.29, 0.717) is 18.7 Å². The van der Waals surface area contributed by atoms with Crippen molar-refractivity contribution in [2.75, 3.05) is 24.5 Å². The summed E-state index contributed by atoms with van der Waals surface area (Å²) >= 11 is 0. The Morgan fingerprint density at radius 3 is 2.22 bits per heavy atom. The van der Waals surface area contributed by atoms with E-state index in [2.05, 4.69) is 5.32 Å². The minimum atomic E-state index is -4.22. The topological polar surface area (TPSA) is 84.9 Å². The summed E-state index contributed by atoms with van der Waals surface area (Å²) in [5.74, 6) is 0.00267. The third-order valence-corrected chi connectivity index (χ3v) is 7.09. The Labute approximate surface area is 211 Å². The second kappa shape index (κ2) is 12.4. The van der Waals surface area contributed by atoms with Gasteiger partial charge in [-0.25, -0.2) is 12.8 Å². The third kappa shape index (κ3) is 7.21. The summed E-state index contributed by atoms with van der Waals surface area (Å²) in [6, 6.07) is 18.9. The Morgan fingerprint density at radius 1 is 0.972 bits per heavy atom. The van der Waals surface area contributed by atoms with E-state index >= 15 is 0 Å². The van der Waals surface area contributed by atoms with Gasteiger partial charge in [-0.05, 0) is 80.8 Å². The number of para-hydroxylation sites is 1. The van der Waals surface area contributed by atoms with Gasteiger partial charge >= 0.3 is 0 Å². The Morgan fingerprint density at radius 2 is 1.61 bits per heavy atom. The van der Waals surface area contributed by atoms with Gasteiger partial charge in [0.05, 0.1) is 23.8 Å². The number of carbonyl (C=O) groups is 1. The summed E-state index contributed by atoms with van der Waals surface area (Å²) in [5.41, 5.74) is 0.891. The van der Waals surface area contributed by atoms with Crippen molar-refractivity contribution in [3.05, 3.63) is 84.2 Å². The zero-order chi connectivity index (χ0) is 26.1. The largest absolute Gasteiger partial charge is 0.497 e. The van der Waals surface area contributed by atoms with E-state index in [4.69, 9.17) is 9.47 Å².